The van der Waals surface area contributed by atoms with Crippen LogP contribution in [0.3, 0.4) is 0 Å². The molecule has 2 nitrogen and oxygen atoms in total. The zero-order chi connectivity index (χ0) is 9.14. The summed E-state index contributed by atoms with van der Waals surface area (Å²) in [6.45, 7) is 0. The van der Waals surface area contributed by atoms with Crippen molar-refractivity contribution in [2.75, 3.05) is 0 Å². The third-order valence-corrected chi connectivity index (χ3v) is 1.93. The standard InChI is InChI=1S/C6H3BBrClFO2/c8-4-1-3(9)2-5(6(4)10)12-7-11/h1-2,11H. The first-order valence-electron chi connectivity index (χ1n) is 2.92. The van der Waals surface area contributed by atoms with Gasteiger partial charge in [0.25, 0.3) is 0 Å². The molecule has 0 aliphatic rings. The van der Waals surface area contributed by atoms with Crippen LogP contribution >= 0.6 is 27.5 Å². The van der Waals surface area contributed by atoms with Gasteiger partial charge in [-0.25, -0.2) is 4.39 Å². The average Bonchev–Trinajstić information content (AvgIpc) is 2.00. The van der Waals surface area contributed by atoms with Crippen LogP contribution in [-0.4, -0.2) is 12.7 Å². The fraction of sp³-hybridized carbons (Fsp3) is 0. The van der Waals surface area contributed by atoms with E-state index >= 15 is 0 Å². The van der Waals surface area contributed by atoms with Crippen molar-refractivity contribution in [2.45, 2.75) is 0 Å². The van der Waals surface area contributed by atoms with Crippen molar-refractivity contribution in [3.8, 4) is 5.75 Å². The van der Waals surface area contributed by atoms with Crippen LogP contribution in [0.5, 0.6) is 5.75 Å². The SMILES string of the molecule is O[B]Oc1cc(Cl)cc(Br)c1F. The maximum Gasteiger partial charge on any atom is 0.569 e. The van der Waals surface area contributed by atoms with Crippen LogP contribution in [-0.2, 0) is 0 Å². The molecule has 1 radical (unpaired) electrons. The highest BCUT2D eigenvalue weighted by atomic mass is 79.9. The molecule has 0 saturated carbocycles. The van der Waals surface area contributed by atoms with Gasteiger partial charge in [0.2, 0.25) is 0 Å². The van der Waals surface area contributed by atoms with Crippen LogP contribution in [0.25, 0.3) is 0 Å². The van der Waals surface area contributed by atoms with E-state index in [0.717, 1.165) is 0 Å². The summed E-state index contributed by atoms with van der Waals surface area (Å²) < 4.78 is 17.6. The molecule has 0 aliphatic heterocycles. The van der Waals surface area contributed by atoms with E-state index in [1.807, 2.05) is 0 Å². The number of halogens is 3. The van der Waals surface area contributed by atoms with E-state index < -0.39 is 5.82 Å². The fourth-order valence-corrected chi connectivity index (χ4v) is 1.46. The first-order valence-corrected chi connectivity index (χ1v) is 4.09. The third kappa shape index (κ3) is 2.12. The van der Waals surface area contributed by atoms with Crippen molar-refractivity contribution >= 4 is 35.2 Å². The normalized spacial score (nSPS) is 9.67. The van der Waals surface area contributed by atoms with Gasteiger partial charge < -0.3 is 9.68 Å². The minimum atomic E-state index is -0.607. The van der Waals surface area contributed by atoms with Gasteiger partial charge in [-0.05, 0) is 22.0 Å². The second kappa shape index (κ2) is 4.12. The fourth-order valence-electron chi connectivity index (χ4n) is 0.675. The Morgan fingerprint density at radius 1 is 1.58 bits per heavy atom. The lowest BCUT2D eigenvalue weighted by Crippen LogP contribution is -2.01. The molecule has 0 heterocycles. The van der Waals surface area contributed by atoms with Crippen molar-refractivity contribution in [3.63, 3.8) is 0 Å². The summed E-state index contributed by atoms with van der Waals surface area (Å²) in [5.74, 6) is -0.735. The minimum Gasteiger partial charge on any atom is -0.535 e. The van der Waals surface area contributed by atoms with Gasteiger partial charge in [-0.15, -0.1) is 0 Å². The van der Waals surface area contributed by atoms with E-state index in [1.54, 1.807) is 0 Å². The molecule has 6 heteroatoms. The topological polar surface area (TPSA) is 29.5 Å². The molecule has 0 fully saturated rings. The Labute approximate surface area is 82.7 Å². The maximum absolute atomic E-state index is 13.0. The second-order valence-corrected chi connectivity index (χ2v) is 3.21. The predicted octanol–water partition coefficient (Wildman–Crippen LogP) is 2.15. The summed E-state index contributed by atoms with van der Waals surface area (Å²) in [6.07, 6.45) is 0. The van der Waals surface area contributed by atoms with Crippen molar-refractivity contribution < 1.29 is 14.1 Å². The van der Waals surface area contributed by atoms with E-state index in [4.69, 9.17) is 16.6 Å². The molecule has 0 aromatic heterocycles. The summed E-state index contributed by atoms with van der Waals surface area (Å²) in [6, 6.07) is 2.65. The number of hydrogen-bond acceptors (Lipinski definition) is 2. The summed E-state index contributed by atoms with van der Waals surface area (Å²) in [7, 11) is 0.390. The van der Waals surface area contributed by atoms with Crippen molar-refractivity contribution in [1.82, 2.24) is 0 Å². The molecule has 12 heavy (non-hydrogen) atoms. The zero-order valence-corrected chi connectivity index (χ0v) is 8.06. The van der Waals surface area contributed by atoms with Gasteiger partial charge in [-0.1, -0.05) is 11.6 Å². The number of benzene rings is 1. The van der Waals surface area contributed by atoms with Crippen LogP contribution in [0.4, 0.5) is 4.39 Å². The zero-order valence-electron chi connectivity index (χ0n) is 5.72. The molecule has 1 rings (SSSR count). The lowest BCUT2D eigenvalue weighted by Gasteiger charge is -2.04. The molecular formula is C6H3BBrClFO2. The van der Waals surface area contributed by atoms with Crippen LogP contribution in [0, 0.1) is 5.82 Å². The van der Waals surface area contributed by atoms with Crippen LogP contribution in [0.15, 0.2) is 16.6 Å². The smallest absolute Gasteiger partial charge is 0.535 e. The quantitative estimate of drug-likeness (QED) is 0.645. The highest BCUT2D eigenvalue weighted by Crippen LogP contribution is 2.29. The van der Waals surface area contributed by atoms with E-state index in [-0.39, 0.29) is 10.2 Å². The van der Waals surface area contributed by atoms with Gasteiger partial charge >= 0.3 is 7.69 Å². The molecule has 1 aromatic rings. The van der Waals surface area contributed by atoms with Gasteiger partial charge in [0, 0.05) is 11.1 Å². The van der Waals surface area contributed by atoms with Gasteiger partial charge in [0.15, 0.2) is 5.82 Å². The number of rotatable bonds is 2. The van der Waals surface area contributed by atoms with Gasteiger partial charge in [-0.2, -0.15) is 0 Å². The predicted molar refractivity (Wildman–Crippen MR) is 47.7 cm³/mol. The monoisotopic (exact) mass is 251 g/mol. The molecule has 0 aliphatic carbocycles. The molecule has 0 saturated heterocycles. The Morgan fingerprint density at radius 2 is 2.25 bits per heavy atom. The molecule has 63 valence electrons. The molecule has 0 bridgehead atoms. The molecule has 1 N–H and O–H groups in total. The van der Waals surface area contributed by atoms with Crippen molar-refractivity contribution in [2.24, 2.45) is 0 Å². The van der Waals surface area contributed by atoms with Crippen LogP contribution in [0.1, 0.15) is 0 Å². The molecule has 0 unspecified atom stereocenters. The molecule has 0 amide bonds. The second-order valence-electron chi connectivity index (χ2n) is 1.92. The Hall–Kier alpha value is -0.255. The third-order valence-electron chi connectivity index (χ3n) is 1.14. The Morgan fingerprint density at radius 3 is 2.83 bits per heavy atom. The highest BCUT2D eigenvalue weighted by molar-refractivity contribution is 9.10. The Bertz CT molecular complexity index is 297. The first kappa shape index (κ1) is 9.83. The Kier molecular flexibility index (Phi) is 3.37. The maximum atomic E-state index is 13.0. The molecule has 0 spiro atoms. The van der Waals surface area contributed by atoms with Crippen molar-refractivity contribution in [1.29, 1.82) is 0 Å². The lowest BCUT2D eigenvalue weighted by atomic mass is 10.3. The highest BCUT2D eigenvalue weighted by Gasteiger charge is 2.09. The lowest BCUT2D eigenvalue weighted by molar-refractivity contribution is 0.430. The van der Waals surface area contributed by atoms with E-state index in [2.05, 4.69) is 20.6 Å². The first-order chi connectivity index (χ1) is 5.65. The Balaban J connectivity index is 3.09. The van der Waals surface area contributed by atoms with Gasteiger partial charge in [0.1, 0.15) is 5.75 Å². The summed E-state index contributed by atoms with van der Waals surface area (Å²) in [5.41, 5.74) is 0. The van der Waals surface area contributed by atoms with E-state index in [1.165, 1.54) is 12.1 Å². The number of hydrogen-bond donors (Lipinski definition) is 1. The minimum absolute atomic E-state index is 0.128. The van der Waals surface area contributed by atoms with Crippen LogP contribution in [0.2, 0.25) is 5.02 Å². The van der Waals surface area contributed by atoms with Crippen molar-refractivity contribution in [3.05, 3.63) is 27.4 Å². The summed E-state index contributed by atoms with van der Waals surface area (Å²) in [4.78, 5) is 0. The largest absolute Gasteiger partial charge is 0.569 e. The summed E-state index contributed by atoms with van der Waals surface area (Å²) in [5, 5.41) is 8.57. The van der Waals surface area contributed by atoms with Gasteiger partial charge in [0.05, 0.1) is 4.47 Å². The van der Waals surface area contributed by atoms with Gasteiger partial charge in [-0.3, -0.25) is 0 Å². The molecule has 1 aromatic carbocycles. The molecule has 0 atom stereocenters. The van der Waals surface area contributed by atoms with Crippen LogP contribution < -0.4 is 4.65 Å². The van der Waals surface area contributed by atoms with E-state index in [0.29, 0.717) is 12.7 Å². The summed E-state index contributed by atoms with van der Waals surface area (Å²) >= 11 is 8.52. The van der Waals surface area contributed by atoms with E-state index in [9.17, 15) is 4.39 Å². The average molecular weight is 252 g/mol. The molecular weight excluding hydrogens is 249 g/mol.